The molecule has 1 saturated heterocycles. The number of hydrogen-bond donors (Lipinski definition) is 0. The quantitative estimate of drug-likeness (QED) is 0.734. The van der Waals surface area contributed by atoms with E-state index in [1.807, 2.05) is 39.8 Å². The molecule has 1 amide bonds. The molecule has 0 spiro atoms. The number of carbonyl (C=O) groups is 1. The van der Waals surface area contributed by atoms with Crippen LogP contribution >= 0.6 is 0 Å². The van der Waals surface area contributed by atoms with Crippen LogP contribution in [0, 0.1) is 0 Å². The molecule has 25 heavy (non-hydrogen) atoms. The molecular formula is C18H20N6O. The van der Waals surface area contributed by atoms with Gasteiger partial charge < -0.3 is 4.90 Å². The van der Waals surface area contributed by atoms with E-state index < -0.39 is 0 Å². The van der Waals surface area contributed by atoms with Crippen LogP contribution < -0.4 is 0 Å². The van der Waals surface area contributed by atoms with Gasteiger partial charge >= 0.3 is 0 Å². The molecule has 3 aromatic rings. The van der Waals surface area contributed by atoms with E-state index in [1.165, 1.54) is 0 Å². The number of piperidine rings is 1. The molecule has 128 valence electrons. The van der Waals surface area contributed by atoms with Crippen molar-refractivity contribution < 1.29 is 4.79 Å². The van der Waals surface area contributed by atoms with Gasteiger partial charge in [0, 0.05) is 37.9 Å². The summed E-state index contributed by atoms with van der Waals surface area (Å²) in [6, 6.07) is 11.9. The minimum atomic E-state index is 0.0444. The van der Waals surface area contributed by atoms with Gasteiger partial charge in [-0.15, -0.1) is 10.2 Å². The first-order valence-corrected chi connectivity index (χ1v) is 8.46. The Labute approximate surface area is 145 Å². The van der Waals surface area contributed by atoms with Gasteiger partial charge in [0.25, 0.3) is 5.91 Å². The summed E-state index contributed by atoms with van der Waals surface area (Å²) in [5.74, 6) is 1.32. The largest absolute Gasteiger partial charge is 0.337 e. The van der Waals surface area contributed by atoms with Gasteiger partial charge in [-0.25, -0.2) is 0 Å². The maximum Gasteiger partial charge on any atom is 0.272 e. The van der Waals surface area contributed by atoms with Crippen molar-refractivity contribution in [3.63, 3.8) is 0 Å². The third-order valence-electron chi connectivity index (χ3n) is 4.80. The fraction of sp³-hybridized carbons (Fsp3) is 0.333. The first-order valence-electron chi connectivity index (χ1n) is 8.46. The van der Waals surface area contributed by atoms with Crippen LogP contribution in [0.5, 0.6) is 0 Å². The average molecular weight is 336 g/mol. The number of hydrogen-bond acceptors (Lipinski definition) is 4. The van der Waals surface area contributed by atoms with Crippen LogP contribution in [0.25, 0.3) is 5.69 Å². The molecule has 4 rings (SSSR count). The number of rotatable bonds is 3. The fourth-order valence-electron chi connectivity index (χ4n) is 3.40. The van der Waals surface area contributed by atoms with Gasteiger partial charge in [0.05, 0.1) is 0 Å². The van der Waals surface area contributed by atoms with Crippen LogP contribution in [-0.2, 0) is 7.05 Å². The van der Waals surface area contributed by atoms with E-state index in [-0.39, 0.29) is 5.91 Å². The van der Waals surface area contributed by atoms with Crippen molar-refractivity contribution in [2.45, 2.75) is 18.8 Å². The molecular weight excluding hydrogens is 316 g/mol. The summed E-state index contributed by atoms with van der Waals surface area (Å²) in [5.41, 5.74) is 1.70. The van der Waals surface area contributed by atoms with Crippen molar-refractivity contribution in [2.75, 3.05) is 13.1 Å². The molecule has 0 atom stereocenters. The number of para-hydroxylation sites is 1. The zero-order chi connectivity index (χ0) is 17.2. The Bertz CT molecular complexity index is 861. The molecule has 1 aliphatic heterocycles. The highest BCUT2D eigenvalue weighted by atomic mass is 16.2. The zero-order valence-electron chi connectivity index (χ0n) is 14.1. The lowest BCUT2D eigenvalue weighted by atomic mass is 9.95. The first kappa shape index (κ1) is 15.6. The monoisotopic (exact) mass is 336 g/mol. The minimum absolute atomic E-state index is 0.0444. The Morgan fingerprint density at radius 2 is 1.88 bits per heavy atom. The number of carbonyl (C=O) groups excluding carboxylic acids is 1. The fourth-order valence-corrected chi connectivity index (χ4v) is 3.40. The summed E-state index contributed by atoms with van der Waals surface area (Å²) < 4.78 is 3.67. The maximum atomic E-state index is 12.6. The molecule has 0 aliphatic carbocycles. The third kappa shape index (κ3) is 2.93. The maximum absolute atomic E-state index is 12.6. The third-order valence-corrected chi connectivity index (χ3v) is 4.80. The molecule has 0 N–H and O–H groups in total. The first-order chi connectivity index (χ1) is 12.2. The van der Waals surface area contributed by atoms with Crippen LogP contribution in [0.2, 0.25) is 0 Å². The Hall–Kier alpha value is -2.96. The summed E-state index contributed by atoms with van der Waals surface area (Å²) >= 11 is 0. The lowest BCUT2D eigenvalue weighted by Gasteiger charge is -2.31. The van der Waals surface area contributed by atoms with E-state index in [0.29, 0.717) is 11.6 Å². The predicted molar refractivity (Wildman–Crippen MR) is 92.4 cm³/mol. The normalized spacial score (nSPS) is 15.5. The van der Waals surface area contributed by atoms with E-state index in [4.69, 9.17) is 0 Å². The van der Waals surface area contributed by atoms with E-state index in [2.05, 4.69) is 15.3 Å². The summed E-state index contributed by atoms with van der Waals surface area (Å²) in [6.45, 7) is 1.44. The Morgan fingerprint density at radius 1 is 1.12 bits per heavy atom. The minimum Gasteiger partial charge on any atom is -0.337 e. The van der Waals surface area contributed by atoms with Crippen molar-refractivity contribution in [1.29, 1.82) is 0 Å². The van der Waals surface area contributed by atoms with Gasteiger partial charge in [-0.1, -0.05) is 18.2 Å². The predicted octanol–water partition coefficient (Wildman–Crippen LogP) is 2.02. The second-order valence-corrected chi connectivity index (χ2v) is 6.30. The molecule has 7 heteroatoms. The molecule has 1 aromatic carbocycles. The summed E-state index contributed by atoms with van der Waals surface area (Å²) in [4.78, 5) is 14.5. The van der Waals surface area contributed by atoms with Crippen LogP contribution in [0.15, 0.2) is 48.9 Å². The number of likely N-dealkylation sites (tertiary alicyclic amines) is 1. The van der Waals surface area contributed by atoms with Crippen molar-refractivity contribution in [1.82, 2.24) is 29.4 Å². The van der Waals surface area contributed by atoms with Crippen LogP contribution in [0.3, 0.4) is 0 Å². The zero-order valence-corrected chi connectivity index (χ0v) is 14.1. The lowest BCUT2D eigenvalue weighted by Crippen LogP contribution is -2.39. The standard InChI is InChI=1S/C18H20N6O/c1-22-16(7-10-20-22)18(25)23-11-8-14(9-12-23)17-21-19-13-24(17)15-5-3-2-4-6-15/h2-7,10,13-14H,8-9,11-12H2,1H3. The topological polar surface area (TPSA) is 68.8 Å². The van der Waals surface area contributed by atoms with Crippen molar-refractivity contribution in [3.8, 4) is 5.69 Å². The van der Waals surface area contributed by atoms with Gasteiger partial charge in [0.15, 0.2) is 0 Å². The second kappa shape index (κ2) is 6.51. The molecule has 0 unspecified atom stereocenters. The summed E-state index contributed by atoms with van der Waals surface area (Å²) in [5, 5.41) is 12.5. The lowest BCUT2D eigenvalue weighted by molar-refractivity contribution is 0.0699. The SMILES string of the molecule is Cn1nccc1C(=O)N1CCC(c2nncn2-c2ccccc2)CC1. The molecule has 0 radical (unpaired) electrons. The molecule has 0 bridgehead atoms. The van der Waals surface area contributed by atoms with E-state index >= 15 is 0 Å². The Balaban J connectivity index is 1.47. The molecule has 3 heterocycles. The van der Waals surface area contributed by atoms with Gasteiger partial charge in [0.1, 0.15) is 17.8 Å². The van der Waals surface area contributed by atoms with Gasteiger partial charge in [-0.2, -0.15) is 5.10 Å². The highest BCUT2D eigenvalue weighted by Gasteiger charge is 2.28. The molecule has 2 aromatic heterocycles. The van der Waals surface area contributed by atoms with E-state index in [1.54, 1.807) is 30.3 Å². The Kier molecular flexibility index (Phi) is 4.05. The van der Waals surface area contributed by atoms with Crippen LogP contribution in [0.4, 0.5) is 0 Å². The van der Waals surface area contributed by atoms with Crippen molar-refractivity contribution in [3.05, 3.63) is 60.4 Å². The highest BCUT2D eigenvalue weighted by molar-refractivity contribution is 5.92. The summed E-state index contributed by atoms with van der Waals surface area (Å²) in [6.07, 6.45) is 5.18. The molecule has 0 saturated carbocycles. The highest BCUT2D eigenvalue weighted by Crippen LogP contribution is 2.28. The number of aryl methyl sites for hydroxylation is 1. The van der Waals surface area contributed by atoms with E-state index in [9.17, 15) is 4.79 Å². The molecule has 1 fully saturated rings. The molecule has 1 aliphatic rings. The smallest absolute Gasteiger partial charge is 0.272 e. The van der Waals surface area contributed by atoms with Gasteiger partial charge in [-0.3, -0.25) is 14.0 Å². The second-order valence-electron chi connectivity index (χ2n) is 6.30. The number of benzene rings is 1. The van der Waals surface area contributed by atoms with E-state index in [0.717, 1.165) is 37.4 Å². The van der Waals surface area contributed by atoms with Crippen LogP contribution in [0.1, 0.15) is 35.1 Å². The number of nitrogens with zero attached hydrogens (tertiary/aromatic N) is 6. The summed E-state index contributed by atoms with van der Waals surface area (Å²) in [7, 11) is 1.79. The average Bonchev–Trinajstić information content (AvgIpc) is 3.31. The number of amides is 1. The van der Waals surface area contributed by atoms with Crippen LogP contribution in [-0.4, -0.2) is 48.4 Å². The van der Waals surface area contributed by atoms with Crippen molar-refractivity contribution >= 4 is 5.91 Å². The Morgan fingerprint density at radius 3 is 2.56 bits per heavy atom. The van der Waals surface area contributed by atoms with Crippen molar-refractivity contribution in [2.24, 2.45) is 7.05 Å². The molecule has 7 nitrogen and oxygen atoms in total. The van der Waals surface area contributed by atoms with Gasteiger partial charge in [-0.05, 0) is 31.0 Å². The van der Waals surface area contributed by atoms with Gasteiger partial charge in [0.2, 0.25) is 0 Å². The number of aromatic nitrogens is 5.